The average Bonchev–Trinajstić information content (AvgIpc) is 3.12. The highest BCUT2D eigenvalue weighted by atomic mass is 32.1. The second kappa shape index (κ2) is 7.79. The number of aromatic nitrogens is 2. The number of hydrogen-bond acceptors (Lipinski definition) is 6. The van der Waals surface area contributed by atoms with Crippen LogP contribution in [-0.2, 0) is 17.8 Å². The first-order chi connectivity index (χ1) is 13.7. The summed E-state index contributed by atoms with van der Waals surface area (Å²) in [5, 5.41) is 13.7. The molecule has 1 unspecified atom stereocenters. The van der Waals surface area contributed by atoms with E-state index in [1.807, 2.05) is 30.3 Å². The van der Waals surface area contributed by atoms with Gasteiger partial charge in [0.25, 0.3) is 0 Å². The third-order valence-corrected chi connectivity index (χ3v) is 6.06. The maximum Gasteiger partial charge on any atom is 0.246 e. The highest BCUT2D eigenvalue weighted by molar-refractivity contribution is 7.19. The molecule has 28 heavy (non-hydrogen) atoms. The Labute approximate surface area is 167 Å². The van der Waals surface area contributed by atoms with Gasteiger partial charge in [0.05, 0.1) is 30.5 Å². The fraction of sp³-hybridized carbons (Fsp3) is 0.238. The molecule has 1 aliphatic rings. The third-order valence-electron chi connectivity index (χ3n) is 4.93. The number of thiophene rings is 1. The Kier molecular flexibility index (Phi) is 5.04. The van der Waals surface area contributed by atoms with Crippen molar-refractivity contribution in [3.8, 4) is 6.07 Å². The first-order valence-electron chi connectivity index (χ1n) is 9.06. The number of hydrogen-bond donors (Lipinski definition) is 1. The number of fused-ring (bicyclic) bond motifs is 3. The van der Waals surface area contributed by atoms with Crippen LogP contribution in [0.2, 0.25) is 0 Å². The van der Waals surface area contributed by atoms with Gasteiger partial charge in [-0.15, -0.1) is 11.3 Å². The molecule has 1 atom stereocenters. The minimum atomic E-state index is -0.151. The SMILES string of the molecule is C=CC(=O)N1CCc2c(sc3ncnc(NC(CC#N)c4ccccc4)c23)C1. The number of carbonyl (C=O) groups excluding carboxylic acids is 1. The zero-order valence-electron chi connectivity index (χ0n) is 15.3. The molecule has 4 rings (SSSR count). The number of carbonyl (C=O) groups is 1. The molecule has 1 aliphatic heterocycles. The van der Waals surface area contributed by atoms with Crippen LogP contribution in [0.3, 0.4) is 0 Å². The molecule has 140 valence electrons. The molecule has 0 bridgehead atoms. The monoisotopic (exact) mass is 389 g/mol. The molecule has 7 heteroatoms. The van der Waals surface area contributed by atoms with Crippen molar-refractivity contribution in [1.29, 1.82) is 5.26 Å². The van der Waals surface area contributed by atoms with Gasteiger partial charge in [-0.2, -0.15) is 5.26 Å². The van der Waals surface area contributed by atoms with Crippen LogP contribution in [-0.4, -0.2) is 27.3 Å². The van der Waals surface area contributed by atoms with Crippen LogP contribution in [0.4, 0.5) is 5.82 Å². The van der Waals surface area contributed by atoms with E-state index in [0.717, 1.165) is 32.9 Å². The normalized spacial score (nSPS) is 14.2. The third kappa shape index (κ3) is 3.35. The first-order valence-corrected chi connectivity index (χ1v) is 9.88. The number of amides is 1. The van der Waals surface area contributed by atoms with Crippen molar-refractivity contribution in [1.82, 2.24) is 14.9 Å². The first kappa shape index (κ1) is 18.1. The van der Waals surface area contributed by atoms with E-state index in [2.05, 4.69) is 27.9 Å². The largest absolute Gasteiger partial charge is 0.362 e. The van der Waals surface area contributed by atoms with Gasteiger partial charge in [0.15, 0.2) is 0 Å². The van der Waals surface area contributed by atoms with Crippen molar-refractivity contribution in [2.75, 3.05) is 11.9 Å². The molecule has 0 spiro atoms. The van der Waals surface area contributed by atoms with Gasteiger partial charge in [-0.3, -0.25) is 4.79 Å². The fourth-order valence-corrected chi connectivity index (χ4v) is 4.75. The number of rotatable bonds is 5. The van der Waals surface area contributed by atoms with Crippen LogP contribution >= 0.6 is 11.3 Å². The number of nitrogens with zero attached hydrogens (tertiary/aromatic N) is 4. The van der Waals surface area contributed by atoms with Crippen LogP contribution < -0.4 is 5.32 Å². The van der Waals surface area contributed by atoms with Crippen LogP contribution in [0.15, 0.2) is 49.3 Å². The standard InChI is InChI=1S/C21H19N5OS/c1-2-18(27)26-11-9-15-17(12-26)28-21-19(15)20(23-13-24-21)25-16(8-10-22)14-6-4-3-5-7-14/h2-7,13,16H,1,8-9,11-12H2,(H,23,24,25). The van der Waals surface area contributed by atoms with E-state index in [0.29, 0.717) is 19.5 Å². The number of nitriles is 1. The van der Waals surface area contributed by atoms with E-state index in [4.69, 9.17) is 0 Å². The summed E-state index contributed by atoms with van der Waals surface area (Å²) in [6.07, 6.45) is 4.00. The summed E-state index contributed by atoms with van der Waals surface area (Å²) in [6.45, 7) is 4.80. The highest BCUT2D eigenvalue weighted by Crippen LogP contribution is 2.38. The summed E-state index contributed by atoms with van der Waals surface area (Å²) >= 11 is 1.60. The maximum absolute atomic E-state index is 12.0. The minimum absolute atomic E-state index is 0.0503. The van der Waals surface area contributed by atoms with E-state index in [-0.39, 0.29) is 11.9 Å². The molecule has 0 fully saturated rings. The topological polar surface area (TPSA) is 81.9 Å². The van der Waals surface area contributed by atoms with Crippen LogP contribution in [0.1, 0.15) is 28.5 Å². The smallest absolute Gasteiger partial charge is 0.246 e. The second-order valence-electron chi connectivity index (χ2n) is 6.59. The van der Waals surface area contributed by atoms with Crippen LogP contribution in [0, 0.1) is 11.3 Å². The number of anilines is 1. The molecule has 3 heterocycles. The Bertz CT molecular complexity index is 1070. The lowest BCUT2D eigenvalue weighted by Crippen LogP contribution is -2.34. The molecule has 0 aliphatic carbocycles. The molecule has 2 aromatic heterocycles. The Morgan fingerprint density at radius 2 is 2.21 bits per heavy atom. The van der Waals surface area contributed by atoms with Crippen molar-refractivity contribution in [3.05, 3.63) is 65.3 Å². The van der Waals surface area contributed by atoms with E-state index in [1.165, 1.54) is 11.6 Å². The highest BCUT2D eigenvalue weighted by Gasteiger charge is 2.26. The Hall–Kier alpha value is -3.24. The van der Waals surface area contributed by atoms with Gasteiger partial charge in [-0.1, -0.05) is 36.9 Å². The van der Waals surface area contributed by atoms with E-state index in [1.54, 1.807) is 22.6 Å². The molecule has 1 amide bonds. The van der Waals surface area contributed by atoms with Crippen molar-refractivity contribution in [2.24, 2.45) is 0 Å². The summed E-state index contributed by atoms with van der Waals surface area (Å²) in [7, 11) is 0. The lowest BCUT2D eigenvalue weighted by Gasteiger charge is -2.26. The molecule has 1 aromatic carbocycles. The average molecular weight is 389 g/mol. The van der Waals surface area contributed by atoms with Gasteiger partial charge in [0.1, 0.15) is 17.0 Å². The Balaban J connectivity index is 1.71. The van der Waals surface area contributed by atoms with Gasteiger partial charge in [0, 0.05) is 11.4 Å². The lowest BCUT2D eigenvalue weighted by atomic mass is 10.0. The van der Waals surface area contributed by atoms with Gasteiger partial charge >= 0.3 is 0 Å². The summed E-state index contributed by atoms with van der Waals surface area (Å²) < 4.78 is 0. The quantitative estimate of drug-likeness (QED) is 0.671. The van der Waals surface area contributed by atoms with Crippen molar-refractivity contribution < 1.29 is 4.79 Å². The second-order valence-corrected chi connectivity index (χ2v) is 7.67. The molecule has 6 nitrogen and oxygen atoms in total. The zero-order valence-corrected chi connectivity index (χ0v) is 16.1. The molecular weight excluding hydrogens is 370 g/mol. The minimum Gasteiger partial charge on any atom is -0.362 e. The van der Waals surface area contributed by atoms with E-state index in [9.17, 15) is 10.1 Å². The van der Waals surface area contributed by atoms with Crippen LogP contribution in [0.25, 0.3) is 10.2 Å². The maximum atomic E-state index is 12.0. The molecule has 1 N–H and O–H groups in total. The molecular formula is C21H19N5OS. The fourth-order valence-electron chi connectivity index (χ4n) is 3.55. The van der Waals surface area contributed by atoms with Gasteiger partial charge in [0.2, 0.25) is 5.91 Å². The molecule has 0 saturated carbocycles. The van der Waals surface area contributed by atoms with Crippen molar-refractivity contribution in [2.45, 2.75) is 25.4 Å². The van der Waals surface area contributed by atoms with Crippen LogP contribution in [0.5, 0.6) is 0 Å². The van der Waals surface area contributed by atoms with E-state index >= 15 is 0 Å². The zero-order chi connectivity index (χ0) is 19.5. The van der Waals surface area contributed by atoms with E-state index < -0.39 is 0 Å². The molecule has 0 saturated heterocycles. The Morgan fingerprint density at radius 1 is 1.39 bits per heavy atom. The van der Waals surface area contributed by atoms with Gasteiger partial charge < -0.3 is 10.2 Å². The summed E-state index contributed by atoms with van der Waals surface area (Å²) in [5.41, 5.74) is 2.24. The summed E-state index contributed by atoms with van der Waals surface area (Å²) in [5.74, 6) is 0.695. The van der Waals surface area contributed by atoms with Gasteiger partial charge in [-0.05, 0) is 23.6 Å². The van der Waals surface area contributed by atoms with Crippen molar-refractivity contribution in [3.63, 3.8) is 0 Å². The number of nitrogens with one attached hydrogen (secondary N) is 1. The molecule has 0 radical (unpaired) electrons. The summed E-state index contributed by atoms with van der Waals surface area (Å²) in [4.78, 5) is 24.7. The number of benzene rings is 1. The Morgan fingerprint density at radius 3 is 2.96 bits per heavy atom. The van der Waals surface area contributed by atoms with Gasteiger partial charge in [-0.25, -0.2) is 9.97 Å². The summed E-state index contributed by atoms with van der Waals surface area (Å²) in [6, 6.07) is 12.0. The predicted molar refractivity (Wildman–Crippen MR) is 110 cm³/mol. The lowest BCUT2D eigenvalue weighted by molar-refractivity contribution is -0.126. The molecule has 3 aromatic rings. The predicted octanol–water partition coefficient (Wildman–Crippen LogP) is 3.83. The van der Waals surface area contributed by atoms with Crippen molar-refractivity contribution >= 4 is 33.3 Å².